The van der Waals surface area contributed by atoms with E-state index in [1.807, 2.05) is 0 Å². The molecule has 0 saturated heterocycles. The first kappa shape index (κ1) is 13.3. The molecular formula is C13H8Cl2O2S. The Bertz CT molecular complexity index is 591. The van der Waals surface area contributed by atoms with Crippen LogP contribution in [0.5, 0.6) is 0 Å². The molecule has 0 spiro atoms. The summed E-state index contributed by atoms with van der Waals surface area (Å²) < 4.78 is 0. The zero-order valence-electron chi connectivity index (χ0n) is 9.15. The number of hydrogen-bond donors (Lipinski definition) is 0. The zero-order chi connectivity index (χ0) is 13.1. The first-order chi connectivity index (χ1) is 8.58. The lowest BCUT2D eigenvalue weighted by Crippen LogP contribution is -2.07. The Hall–Kier alpha value is -1.16. The van der Waals surface area contributed by atoms with Gasteiger partial charge in [-0.2, -0.15) is 0 Å². The van der Waals surface area contributed by atoms with Gasteiger partial charge in [0.2, 0.25) is 0 Å². The largest absolute Gasteiger partial charge is 0.294 e. The molecule has 1 aromatic carbocycles. The average Bonchev–Trinajstić information content (AvgIpc) is 2.86. The Balaban J connectivity index is 2.12. The van der Waals surface area contributed by atoms with Crippen LogP contribution in [0.3, 0.4) is 0 Å². The van der Waals surface area contributed by atoms with Crippen LogP contribution in [0.4, 0.5) is 0 Å². The highest BCUT2D eigenvalue weighted by Crippen LogP contribution is 2.23. The lowest BCUT2D eigenvalue weighted by Gasteiger charge is -2.01. The number of rotatable bonds is 4. The highest BCUT2D eigenvalue weighted by atomic mass is 35.5. The molecule has 2 nitrogen and oxygen atoms in total. The topological polar surface area (TPSA) is 34.1 Å². The third-order valence-electron chi connectivity index (χ3n) is 2.36. The molecule has 0 fully saturated rings. The molecule has 5 heteroatoms. The van der Waals surface area contributed by atoms with E-state index in [0.29, 0.717) is 20.5 Å². The van der Waals surface area contributed by atoms with Crippen molar-refractivity contribution in [3.63, 3.8) is 0 Å². The van der Waals surface area contributed by atoms with Crippen molar-refractivity contribution in [1.82, 2.24) is 0 Å². The third kappa shape index (κ3) is 2.99. The number of benzene rings is 1. The second kappa shape index (κ2) is 5.65. The molecule has 18 heavy (non-hydrogen) atoms. The van der Waals surface area contributed by atoms with Gasteiger partial charge in [0, 0.05) is 5.56 Å². The molecule has 0 aliphatic rings. The predicted molar refractivity (Wildman–Crippen MR) is 74.1 cm³/mol. The van der Waals surface area contributed by atoms with Crippen LogP contribution in [0, 0.1) is 0 Å². The van der Waals surface area contributed by atoms with E-state index in [0.717, 1.165) is 0 Å². The van der Waals surface area contributed by atoms with Crippen molar-refractivity contribution >= 4 is 46.1 Å². The number of Topliss-reactive ketones (excluding diaryl/α,β-unsaturated/α-hetero) is 2. The maximum Gasteiger partial charge on any atom is 0.180 e. The summed E-state index contributed by atoms with van der Waals surface area (Å²) >= 11 is 12.9. The van der Waals surface area contributed by atoms with Gasteiger partial charge in [0.1, 0.15) is 0 Å². The standard InChI is InChI=1S/C13H8Cl2O2S/c14-9-4-3-8(6-10(9)15)11(16)7-12(17)13-2-1-5-18-13/h1-6H,7H2. The molecule has 0 unspecified atom stereocenters. The zero-order valence-corrected chi connectivity index (χ0v) is 11.5. The van der Waals surface area contributed by atoms with Crippen molar-refractivity contribution in [3.05, 3.63) is 56.2 Å². The van der Waals surface area contributed by atoms with Crippen LogP contribution in [0.15, 0.2) is 35.7 Å². The van der Waals surface area contributed by atoms with Crippen molar-refractivity contribution in [1.29, 1.82) is 0 Å². The lowest BCUT2D eigenvalue weighted by molar-refractivity contribution is 0.0896. The molecule has 0 radical (unpaired) electrons. The molecule has 92 valence electrons. The molecule has 0 atom stereocenters. The Kier molecular flexibility index (Phi) is 4.17. The molecule has 0 amide bonds. The van der Waals surface area contributed by atoms with E-state index in [2.05, 4.69) is 0 Å². The third-order valence-corrected chi connectivity index (χ3v) is 4.01. The van der Waals surface area contributed by atoms with Gasteiger partial charge in [0.15, 0.2) is 11.6 Å². The highest BCUT2D eigenvalue weighted by molar-refractivity contribution is 7.12. The van der Waals surface area contributed by atoms with Crippen LogP contribution >= 0.6 is 34.5 Å². The minimum atomic E-state index is -0.257. The Morgan fingerprint density at radius 2 is 1.83 bits per heavy atom. The smallest absolute Gasteiger partial charge is 0.180 e. The highest BCUT2D eigenvalue weighted by Gasteiger charge is 2.15. The summed E-state index contributed by atoms with van der Waals surface area (Å²) in [4.78, 5) is 24.3. The summed E-state index contributed by atoms with van der Waals surface area (Å²) in [5.41, 5.74) is 0.398. The van der Waals surface area contributed by atoms with E-state index in [9.17, 15) is 9.59 Å². The fraction of sp³-hybridized carbons (Fsp3) is 0.0769. The number of carbonyl (C=O) groups excluding carboxylic acids is 2. The normalized spacial score (nSPS) is 10.3. The summed E-state index contributed by atoms with van der Waals surface area (Å²) in [6, 6.07) is 8.08. The molecule has 1 heterocycles. The van der Waals surface area contributed by atoms with Gasteiger partial charge >= 0.3 is 0 Å². The van der Waals surface area contributed by atoms with Crippen LogP contribution in [-0.4, -0.2) is 11.6 Å². The molecule has 0 N–H and O–H groups in total. The van der Waals surface area contributed by atoms with Gasteiger partial charge in [-0.1, -0.05) is 29.3 Å². The second-order valence-electron chi connectivity index (χ2n) is 3.63. The maximum atomic E-state index is 11.9. The van der Waals surface area contributed by atoms with Crippen molar-refractivity contribution in [2.45, 2.75) is 6.42 Å². The van der Waals surface area contributed by atoms with E-state index in [4.69, 9.17) is 23.2 Å². The molecule has 0 aliphatic carbocycles. The Morgan fingerprint density at radius 1 is 1.06 bits per heavy atom. The SMILES string of the molecule is O=C(CC(=O)c1cccs1)c1ccc(Cl)c(Cl)c1. The van der Waals surface area contributed by atoms with Crippen LogP contribution < -0.4 is 0 Å². The van der Waals surface area contributed by atoms with Gasteiger partial charge in [-0.15, -0.1) is 11.3 Å². The number of ketones is 2. The van der Waals surface area contributed by atoms with E-state index >= 15 is 0 Å². The maximum absolute atomic E-state index is 11.9. The summed E-state index contributed by atoms with van der Waals surface area (Å²) in [5, 5.41) is 2.50. The van der Waals surface area contributed by atoms with Gasteiger partial charge in [0.25, 0.3) is 0 Å². The average molecular weight is 299 g/mol. The first-order valence-corrected chi connectivity index (χ1v) is 6.76. The van der Waals surface area contributed by atoms with E-state index in [1.165, 1.54) is 17.4 Å². The Morgan fingerprint density at radius 3 is 2.44 bits per heavy atom. The minimum Gasteiger partial charge on any atom is -0.294 e. The van der Waals surface area contributed by atoms with Gasteiger partial charge in [0.05, 0.1) is 21.3 Å². The number of carbonyl (C=O) groups is 2. The molecule has 0 saturated carbocycles. The van der Waals surface area contributed by atoms with Gasteiger partial charge in [-0.05, 0) is 29.6 Å². The number of thiophene rings is 1. The summed E-state index contributed by atoms with van der Waals surface area (Å²) in [7, 11) is 0. The van der Waals surface area contributed by atoms with Gasteiger partial charge in [-0.25, -0.2) is 0 Å². The lowest BCUT2D eigenvalue weighted by atomic mass is 10.1. The van der Waals surface area contributed by atoms with Crippen LogP contribution in [0.1, 0.15) is 26.5 Å². The van der Waals surface area contributed by atoms with E-state index < -0.39 is 0 Å². The fourth-order valence-electron chi connectivity index (χ4n) is 1.44. The van der Waals surface area contributed by atoms with Crippen molar-refractivity contribution in [2.75, 3.05) is 0 Å². The van der Waals surface area contributed by atoms with Gasteiger partial charge < -0.3 is 0 Å². The van der Waals surface area contributed by atoms with Crippen LogP contribution in [0.25, 0.3) is 0 Å². The monoisotopic (exact) mass is 298 g/mol. The molecule has 2 rings (SSSR count). The minimum absolute atomic E-state index is 0.154. The van der Waals surface area contributed by atoms with Crippen molar-refractivity contribution < 1.29 is 9.59 Å². The summed E-state index contributed by atoms with van der Waals surface area (Å²) in [6.45, 7) is 0. The van der Waals surface area contributed by atoms with E-state index in [1.54, 1.807) is 29.6 Å². The van der Waals surface area contributed by atoms with Crippen molar-refractivity contribution in [3.8, 4) is 0 Å². The van der Waals surface area contributed by atoms with Crippen molar-refractivity contribution in [2.24, 2.45) is 0 Å². The molecular weight excluding hydrogens is 291 g/mol. The van der Waals surface area contributed by atoms with Crippen LogP contribution in [0.2, 0.25) is 10.0 Å². The summed E-state index contributed by atoms with van der Waals surface area (Å²) in [6.07, 6.45) is -0.154. The molecule has 2 aromatic rings. The van der Waals surface area contributed by atoms with E-state index in [-0.39, 0.29) is 18.0 Å². The molecule has 0 aliphatic heterocycles. The first-order valence-electron chi connectivity index (χ1n) is 5.13. The molecule has 0 bridgehead atoms. The quantitative estimate of drug-likeness (QED) is 0.615. The van der Waals surface area contributed by atoms with Gasteiger partial charge in [-0.3, -0.25) is 9.59 Å². The number of halogens is 2. The second-order valence-corrected chi connectivity index (χ2v) is 5.39. The summed E-state index contributed by atoms with van der Waals surface area (Å²) in [5.74, 6) is -0.437. The predicted octanol–water partition coefficient (Wildman–Crippen LogP) is 4.51. The number of hydrogen-bond acceptors (Lipinski definition) is 3. The van der Waals surface area contributed by atoms with Crippen LogP contribution in [-0.2, 0) is 0 Å². The Labute approximate surface area is 118 Å². The fourth-order valence-corrected chi connectivity index (χ4v) is 2.40. The molecule has 1 aromatic heterocycles.